The number of rotatable bonds is 0. The lowest BCUT2D eigenvalue weighted by atomic mass is 9.71. The molecule has 1 nitrogen and oxygen atoms in total. The van der Waals surface area contributed by atoms with Crippen LogP contribution in [0.25, 0.3) is 0 Å². The van der Waals surface area contributed by atoms with Crippen LogP contribution in [0, 0.1) is 23.7 Å². The van der Waals surface area contributed by atoms with E-state index in [0.29, 0.717) is 6.04 Å². The van der Waals surface area contributed by atoms with E-state index >= 15 is 0 Å². The molecule has 0 saturated heterocycles. The fourth-order valence-corrected chi connectivity index (χ4v) is 4.10. The average molecular weight is 165 g/mol. The summed E-state index contributed by atoms with van der Waals surface area (Å²) in [7, 11) is 0. The molecule has 3 aliphatic rings. The monoisotopic (exact) mass is 165 g/mol. The van der Waals surface area contributed by atoms with E-state index in [2.05, 4.69) is 0 Å². The van der Waals surface area contributed by atoms with Crippen molar-refractivity contribution in [1.82, 2.24) is 0 Å². The van der Waals surface area contributed by atoms with Crippen molar-refractivity contribution < 1.29 is 0 Å². The van der Waals surface area contributed by atoms with Crippen LogP contribution in [0.4, 0.5) is 0 Å². The molecule has 3 rings (SSSR count). The van der Waals surface area contributed by atoms with Crippen molar-refractivity contribution in [1.29, 1.82) is 0 Å². The van der Waals surface area contributed by atoms with Crippen LogP contribution in [0.1, 0.15) is 38.5 Å². The number of hydrogen-bond donors (Lipinski definition) is 1. The van der Waals surface area contributed by atoms with Crippen LogP contribution in [-0.2, 0) is 0 Å². The molecule has 0 aliphatic heterocycles. The van der Waals surface area contributed by atoms with E-state index in [0.717, 1.165) is 23.7 Å². The van der Waals surface area contributed by atoms with Gasteiger partial charge < -0.3 is 5.73 Å². The predicted molar refractivity (Wildman–Crippen MR) is 49.6 cm³/mol. The Morgan fingerprint density at radius 2 is 1.50 bits per heavy atom. The highest BCUT2D eigenvalue weighted by Crippen LogP contribution is 2.52. The van der Waals surface area contributed by atoms with E-state index in [4.69, 9.17) is 5.73 Å². The summed E-state index contributed by atoms with van der Waals surface area (Å²) in [5.41, 5.74) is 6.21. The third kappa shape index (κ3) is 0.953. The van der Waals surface area contributed by atoms with E-state index in [1.54, 1.807) is 0 Å². The van der Waals surface area contributed by atoms with Gasteiger partial charge in [0.2, 0.25) is 0 Å². The first-order valence-corrected chi connectivity index (χ1v) is 5.58. The molecular formula is C11H19N. The fraction of sp³-hybridized carbons (Fsp3) is 1.00. The molecule has 3 bridgehead atoms. The van der Waals surface area contributed by atoms with Gasteiger partial charge in [-0.05, 0) is 49.4 Å². The summed E-state index contributed by atoms with van der Waals surface area (Å²) in [4.78, 5) is 0. The highest BCUT2D eigenvalue weighted by molar-refractivity contribution is 4.97. The second-order valence-electron chi connectivity index (χ2n) is 5.34. The minimum absolute atomic E-state index is 0.569. The molecule has 3 aliphatic carbocycles. The molecule has 1 heteroatoms. The van der Waals surface area contributed by atoms with E-state index in [1.807, 2.05) is 0 Å². The first-order valence-electron chi connectivity index (χ1n) is 5.58. The van der Waals surface area contributed by atoms with Gasteiger partial charge in [0.15, 0.2) is 0 Å². The third-order valence-electron chi connectivity index (χ3n) is 4.62. The first kappa shape index (κ1) is 7.37. The van der Waals surface area contributed by atoms with E-state index in [-0.39, 0.29) is 0 Å². The van der Waals surface area contributed by atoms with Gasteiger partial charge >= 0.3 is 0 Å². The maximum absolute atomic E-state index is 6.21. The van der Waals surface area contributed by atoms with Crippen molar-refractivity contribution >= 4 is 0 Å². The molecule has 3 fully saturated rings. The van der Waals surface area contributed by atoms with E-state index in [9.17, 15) is 0 Å². The smallest absolute Gasteiger partial charge is 0.00725 e. The van der Waals surface area contributed by atoms with Gasteiger partial charge in [-0.3, -0.25) is 0 Å². The lowest BCUT2D eigenvalue weighted by molar-refractivity contribution is 0.165. The summed E-state index contributed by atoms with van der Waals surface area (Å²) in [5, 5.41) is 0. The molecule has 0 radical (unpaired) electrons. The van der Waals surface area contributed by atoms with Gasteiger partial charge in [0.25, 0.3) is 0 Å². The number of fused-ring (bicyclic) bond motifs is 2. The zero-order chi connectivity index (χ0) is 8.13. The predicted octanol–water partition coefficient (Wildman–Crippen LogP) is 2.16. The van der Waals surface area contributed by atoms with Crippen LogP contribution < -0.4 is 5.73 Å². The van der Waals surface area contributed by atoms with Crippen LogP contribution in [0.15, 0.2) is 0 Å². The molecule has 3 saturated carbocycles. The molecular weight excluding hydrogens is 146 g/mol. The molecule has 0 aromatic carbocycles. The quantitative estimate of drug-likeness (QED) is 0.585. The molecule has 0 aromatic rings. The molecule has 2 N–H and O–H groups in total. The minimum Gasteiger partial charge on any atom is -0.327 e. The second-order valence-corrected chi connectivity index (χ2v) is 5.34. The average Bonchev–Trinajstić information content (AvgIpc) is 2.33. The zero-order valence-corrected chi connectivity index (χ0v) is 7.71. The molecule has 68 valence electrons. The van der Waals surface area contributed by atoms with Crippen molar-refractivity contribution in [2.75, 3.05) is 0 Å². The zero-order valence-electron chi connectivity index (χ0n) is 7.71. The first-order chi connectivity index (χ1) is 5.83. The Kier molecular flexibility index (Phi) is 1.52. The molecule has 12 heavy (non-hydrogen) atoms. The van der Waals surface area contributed by atoms with Gasteiger partial charge in [-0.15, -0.1) is 0 Å². The Hall–Kier alpha value is -0.0400. The Labute approximate surface area is 74.7 Å². The maximum Gasteiger partial charge on any atom is 0.00725 e. The van der Waals surface area contributed by atoms with Crippen molar-refractivity contribution in [2.24, 2.45) is 29.4 Å². The second kappa shape index (κ2) is 2.47. The Bertz CT molecular complexity index is 189. The molecule has 5 atom stereocenters. The van der Waals surface area contributed by atoms with Gasteiger partial charge in [-0.2, -0.15) is 0 Å². The van der Waals surface area contributed by atoms with Crippen LogP contribution in [0.2, 0.25) is 0 Å². The standard InChI is InChI=1S/C11H19N/c12-11-6-8-2-1-7-3-9(4-8)10(11)5-7/h7-11H,1-6,12H2. The fourth-order valence-electron chi connectivity index (χ4n) is 4.10. The summed E-state index contributed by atoms with van der Waals surface area (Å²) >= 11 is 0. The van der Waals surface area contributed by atoms with Crippen molar-refractivity contribution in [3.8, 4) is 0 Å². The van der Waals surface area contributed by atoms with Crippen molar-refractivity contribution in [3.05, 3.63) is 0 Å². The third-order valence-corrected chi connectivity index (χ3v) is 4.62. The van der Waals surface area contributed by atoms with Crippen molar-refractivity contribution in [3.63, 3.8) is 0 Å². The Balaban J connectivity index is 1.90. The van der Waals surface area contributed by atoms with Crippen LogP contribution >= 0.6 is 0 Å². The highest BCUT2D eigenvalue weighted by Gasteiger charge is 2.44. The SMILES string of the molecule is NC1CC2CCC3CC(C2)C1C3. The van der Waals surface area contributed by atoms with Crippen molar-refractivity contribution in [2.45, 2.75) is 44.6 Å². The van der Waals surface area contributed by atoms with E-state index < -0.39 is 0 Å². The summed E-state index contributed by atoms with van der Waals surface area (Å²) < 4.78 is 0. The lowest BCUT2D eigenvalue weighted by Gasteiger charge is -2.37. The largest absolute Gasteiger partial charge is 0.327 e. The summed E-state index contributed by atoms with van der Waals surface area (Å²) in [6, 6.07) is 0.569. The van der Waals surface area contributed by atoms with Crippen LogP contribution in [0.5, 0.6) is 0 Å². The Morgan fingerprint density at radius 3 is 2.25 bits per heavy atom. The highest BCUT2D eigenvalue weighted by atomic mass is 14.7. The topological polar surface area (TPSA) is 26.0 Å². The van der Waals surface area contributed by atoms with Crippen LogP contribution in [0.3, 0.4) is 0 Å². The molecule has 0 heterocycles. The number of nitrogens with two attached hydrogens (primary N) is 1. The summed E-state index contributed by atoms with van der Waals surface area (Å²) in [6.45, 7) is 0. The van der Waals surface area contributed by atoms with Gasteiger partial charge in [0, 0.05) is 6.04 Å². The summed E-state index contributed by atoms with van der Waals surface area (Å²) in [5.74, 6) is 4.03. The maximum atomic E-state index is 6.21. The molecule has 0 spiro atoms. The van der Waals surface area contributed by atoms with Gasteiger partial charge in [0.1, 0.15) is 0 Å². The summed E-state index contributed by atoms with van der Waals surface area (Å²) in [6.07, 6.45) is 8.86. The van der Waals surface area contributed by atoms with Gasteiger partial charge in [0.05, 0.1) is 0 Å². The Morgan fingerprint density at radius 1 is 0.833 bits per heavy atom. The lowest BCUT2D eigenvalue weighted by Crippen LogP contribution is -2.40. The van der Waals surface area contributed by atoms with Crippen LogP contribution in [-0.4, -0.2) is 6.04 Å². The molecule has 0 amide bonds. The van der Waals surface area contributed by atoms with E-state index in [1.165, 1.54) is 38.5 Å². The number of hydrogen-bond acceptors (Lipinski definition) is 1. The molecule has 0 aromatic heterocycles. The normalized spacial score (nSPS) is 57.2. The molecule has 5 unspecified atom stereocenters. The van der Waals surface area contributed by atoms with Gasteiger partial charge in [-0.1, -0.05) is 12.8 Å². The minimum atomic E-state index is 0.569. The van der Waals surface area contributed by atoms with Gasteiger partial charge in [-0.25, -0.2) is 0 Å².